The van der Waals surface area contributed by atoms with Crippen molar-refractivity contribution in [2.24, 2.45) is 4.99 Å². The predicted molar refractivity (Wildman–Crippen MR) is 88.7 cm³/mol. The average molecular weight is 311 g/mol. The molecule has 21 heavy (non-hydrogen) atoms. The molecule has 0 fully saturated rings. The van der Waals surface area contributed by atoms with Gasteiger partial charge in [0.2, 0.25) is 0 Å². The van der Waals surface area contributed by atoms with E-state index in [4.69, 9.17) is 0 Å². The van der Waals surface area contributed by atoms with E-state index in [0.29, 0.717) is 18.4 Å². The third-order valence-corrected chi connectivity index (χ3v) is 4.16. The van der Waals surface area contributed by atoms with E-state index in [1.54, 1.807) is 7.05 Å². The lowest BCUT2D eigenvalue weighted by Crippen LogP contribution is -2.40. The molecule has 1 atom stereocenters. The number of nitrogens with one attached hydrogen (secondary N) is 2. The van der Waals surface area contributed by atoms with E-state index in [2.05, 4.69) is 53.7 Å². The van der Waals surface area contributed by atoms with Gasteiger partial charge < -0.3 is 10.6 Å². The van der Waals surface area contributed by atoms with Gasteiger partial charge in [-0.1, -0.05) is 36.8 Å². The monoisotopic (exact) mass is 311 g/mol. The van der Waals surface area contributed by atoms with Gasteiger partial charge in [-0.25, -0.2) is 8.42 Å². The van der Waals surface area contributed by atoms with Gasteiger partial charge in [-0.2, -0.15) is 0 Å². The van der Waals surface area contributed by atoms with Crippen molar-refractivity contribution in [2.45, 2.75) is 19.8 Å². The first kappa shape index (κ1) is 17.5. The second-order valence-electron chi connectivity index (χ2n) is 5.32. The second kappa shape index (κ2) is 8.02. The maximum Gasteiger partial charge on any atom is 0.191 e. The van der Waals surface area contributed by atoms with Crippen LogP contribution in [0.15, 0.2) is 29.3 Å². The Morgan fingerprint density at radius 1 is 1.24 bits per heavy atom. The van der Waals surface area contributed by atoms with Crippen LogP contribution in [0.2, 0.25) is 0 Å². The molecule has 5 nitrogen and oxygen atoms in total. The summed E-state index contributed by atoms with van der Waals surface area (Å²) in [5.41, 5.74) is 2.51. The molecule has 0 radical (unpaired) electrons. The second-order valence-corrected chi connectivity index (χ2v) is 7.58. The van der Waals surface area contributed by atoms with Crippen LogP contribution < -0.4 is 10.6 Å². The highest BCUT2D eigenvalue weighted by Gasteiger charge is 2.07. The van der Waals surface area contributed by atoms with E-state index >= 15 is 0 Å². The fourth-order valence-electron chi connectivity index (χ4n) is 1.84. The highest BCUT2D eigenvalue weighted by atomic mass is 32.2. The van der Waals surface area contributed by atoms with E-state index in [1.807, 2.05) is 0 Å². The van der Waals surface area contributed by atoms with Crippen LogP contribution in [0, 0.1) is 6.92 Å². The van der Waals surface area contributed by atoms with Crippen molar-refractivity contribution in [2.75, 3.05) is 32.1 Å². The van der Waals surface area contributed by atoms with Crippen LogP contribution in [0.1, 0.15) is 24.0 Å². The van der Waals surface area contributed by atoms with Gasteiger partial charge in [0, 0.05) is 26.4 Å². The molecule has 0 saturated carbocycles. The first-order valence-electron chi connectivity index (χ1n) is 7.00. The van der Waals surface area contributed by atoms with Crippen LogP contribution >= 0.6 is 0 Å². The predicted octanol–water partition coefficient (Wildman–Crippen LogP) is 1.31. The molecule has 0 aliphatic heterocycles. The van der Waals surface area contributed by atoms with Crippen molar-refractivity contribution >= 4 is 15.8 Å². The Hall–Kier alpha value is -1.56. The van der Waals surface area contributed by atoms with Crippen LogP contribution in [0.25, 0.3) is 0 Å². The fraction of sp³-hybridized carbons (Fsp3) is 0.533. The van der Waals surface area contributed by atoms with E-state index in [1.165, 1.54) is 17.4 Å². The van der Waals surface area contributed by atoms with Crippen molar-refractivity contribution in [3.8, 4) is 0 Å². The highest BCUT2D eigenvalue weighted by molar-refractivity contribution is 7.90. The zero-order valence-corrected chi connectivity index (χ0v) is 14.0. The first-order chi connectivity index (χ1) is 9.81. The summed E-state index contributed by atoms with van der Waals surface area (Å²) in [5, 5.41) is 6.21. The molecular formula is C15H25N3O2S. The van der Waals surface area contributed by atoms with Gasteiger partial charge >= 0.3 is 0 Å². The summed E-state index contributed by atoms with van der Waals surface area (Å²) < 4.78 is 22.2. The minimum atomic E-state index is -2.95. The van der Waals surface area contributed by atoms with Gasteiger partial charge in [0.15, 0.2) is 5.96 Å². The lowest BCUT2D eigenvalue weighted by molar-refractivity contribution is 0.600. The molecule has 118 valence electrons. The largest absolute Gasteiger partial charge is 0.356 e. The Morgan fingerprint density at radius 2 is 1.86 bits per heavy atom. The Kier molecular flexibility index (Phi) is 6.68. The maximum absolute atomic E-state index is 11.1. The summed E-state index contributed by atoms with van der Waals surface area (Å²) in [4.78, 5) is 4.09. The SMILES string of the molecule is CN=C(NCCS(C)(=O)=O)NCC(C)c1ccc(C)cc1. The van der Waals surface area contributed by atoms with Crippen LogP contribution in [0.3, 0.4) is 0 Å². The van der Waals surface area contributed by atoms with Crippen LogP contribution in [0.4, 0.5) is 0 Å². The molecule has 0 aliphatic rings. The fourth-order valence-corrected chi connectivity index (χ4v) is 2.31. The number of hydrogen-bond donors (Lipinski definition) is 2. The van der Waals surface area contributed by atoms with E-state index < -0.39 is 9.84 Å². The van der Waals surface area contributed by atoms with Crippen molar-refractivity contribution in [1.82, 2.24) is 10.6 Å². The molecule has 0 aromatic heterocycles. The van der Waals surface area contributed by atoms with Crippen molar-refractivity contribution in [1.29, 1.82) is 0 Å². The molecule has 0 heterocycles. The van der Waals surface area contributed by atoms with Crippen LogP contribution in [-0.4, -0.2) is 46.5 Å². The minimum absolute atomic E-state index is 0.0984. The molecule has 0 saturated heterocycles. The third kappa shape index (κ3) is 7.13. The Morgan fingerprint density at radius 3 is 2.38 bits per heavy atom. The summed E-state index contributed by atoms with van der Waals surface area (Å²) in [5.74, 6) is 1.07. The molecule has 0 bridgehead atoms. The van der Waals surface area contributed by atoms with Crippen molar-refractivity contribution in [3.05, 3.63) is 35.4 Å². The topological polar surface area (TPSA) is 70.6 Å². The molecule has 1 aromatic rings. The number of benzene rings is 1. The van der Waals surface area contributed by atoms with Crippen molar-refractivity contribution in [3.63, 3.8) is 0 Å². The summed E-state index contributed by atoms with van der Waals surface area (Å²) in [6.45, 7) is 5.31. The van der Waals surface area contributed by atoms with Crippen LogP contribution in [-0.2, 0) is 9.84 Å². The van der Waals surface area contributed by atoms with E-state index in [9.17, 15) is 8.42 Å². The van der Waals surface area contributed by atoms with Gasteiger partial charge in [-0.3, -0.25) is 4.99 Å². The lowest BCUT2D eigenvalue weighted by atomic mass is 10.0. The van der Waals surface area contributed by atoms with E-state index in [0.717, 1.165) is 6.54 Å². The van der Waals surface area contributed by atoms with Gasteiger partial charge in [-0.05, 0) is 18.4 Å². The average Bonchev–Trinajstić information content (AvgIpc) is 2.41. The molecule has 0 amide bonds. The number of nitrogens with zero attached hydrogens (tertiary/aromatic N) is 1. The standard InChI is InChI=1S/C15H25N3O2S/c1-12-5-7-14(8-6-12)13(2)11-18-15(16-3)17-9-10-21(4,19)20/h5-8,13H,9-11H2,1-4H3,(H2,16,17,18). The number of aryl methyl sites for hydroxylation is 1. The zero-order chi connectivity index (χ0) is 15.9. The molecule has 2 N–H and O–H groups in total. The smallest absolute Gasteiger partial charge is 0.191 e. The quantitative estimate of drug-likeness (QED) is 0.614. The summed E-state index contributed by atoms with van der Waals surface area (Å²) >= 11 is 0. The first-order valence-corrected chi connectivity index (χ1v) is 9.06. The molecular weight excluding hydrogens is 286 g/mol. The van der Waals surface area contributed by atoms with Gasteiger partial charge in [0.1, 0.15) is 9.84 Å². The molecule has 0 spiro atoms. The summed E-state index contributed by atoms with van der Waals surface area (Å²) in [7, 11) is -1.28. The number of aliphatic imine (C=N–C) groups is 1. The molecule has 1 rings (SSSR count). The zero-order valence-electron chi connectivity index (χ0n) is 13.2. The summed E-state index contributed by atoms with van der Waals surface area (Å²) in [6, 6.07) is 8.46. The molecule has 1 aromatic carbocycles. The van der Waals surface area contributed by atoms with E-state index in [-0.39, 0.29) is 5.75 Å². The molecule has 0 aliphatic carbocycles. The van der Waals surface area contributed by atoms with Crippen LogP contribution in [0.5, 0.6) is 0 Å². The summed E-state index contributed by atoms with van der Waals surface area (Å²) in [6.07, 6.45) is 1.23. The normalized spacial score (nSPS) is 13.8. The van der Waals surface area contributed by atoms with Gasteiger partial charge in [0.25, 0.3) is 0 Å². The molecule has 6 heteroatoms. The number of rotatable bonds is 6. The minimum Gasteiger partial charge on any atom is -0.356 e. The number of sulfone groups is 1. The molecule has 1 unspecified atom stereocenters. The van der Waals surface area contributed by atoms with Crippen molar-refractivity contribution < 1.29 is 8.42 Å². The van der Waals surface area contributed by atoms with Gasteiger partial charge in [-0.15, -0.1) is 0 Å². The van der Waals surface area contributed by atoms with Gasteiger partial charge in [0.05, 0.1) is 5.75 Å². The number of guanidine groups is 1. The lowest BCUT2D eigenvalue weighted by Gasteiger charge is -2.16. The maximum atomic E-state index is 11.1. The Bertz CT molecular complexity index is 565. The third-order valence-electron chi connectivity index (χ3n) is 3.21. The Labute approximate surface area is 127 Å². The highest BCUT2D eigenvalue weighted by Crippen LogP contribution is 2.14. The Balaban J connectivity index is 2.42. The number of hydrogen-bond acceptors (Lipinski definition) is 3.